The summed E-state index contributed by atoms with van der Waals surface area (Å²) in [7, 11) is 0. The maximum Gasteiger partial charge on any atom is 0.309 e. The number of nitrogens with one attached hydrogen (secondary N) is 1. The Kier molecular flexibility index (Phi) is 10.3. The van der Waals surface area contributed by atoms with Gasteiger partial charge in [0.25, 0.3) is 0 Å². The number of Topliss-reactive ketones (excluding diaryl/α,β-unsaturated/α-hetero) is 1. The minimum absolute atomic E-state index is 0.0864. The van der Waals surface area contributed by atoms with Crippen molar-refractivity contribution in [1.82, 2.24) is 5.32 Å². The summed E-state index contributed by atoms with van der Waals surface area (Å²) < 4.78 is 5.00. The fourth-order valence-corrected chi connectivity index (χ4v) is 4.31. The van der Waals surface area contributed by atoms with Gasteiger partial charge in [0, 0.05) is 17.9 Å². The smallest absolute Gasteiger partial charge is 0.309 e. The number of amides is 1. The zero-order valence-electron chi connectivity index (χ0n) is 17.5. The average molecular weight is 420 g/mol. The Bertz CT molecular complexity index is 664. The second-order valence-corrected chi connectivity index (χ2v) is 8.57. The van der Waals surface area contributed by atoms with E-state index >= 15 is 0 Å². The molecule has 1 saturated carbocycles. The number of ether oxygens (including phenoxy) is 1. The first-order valence-corrected chi connectivity index (χ1v) is 11.8. The highest BCUT2D eigenvalue weighted by Gasteiger charge is 2.49. The molecule has 0 aliphatic heterocycles. The topological polar surface area (TPSA) is 72.5 Å². The number of benzene rings is 1. The molecule has 1 amide bonds. The second kappa shape index (κ2) is 12.7. The summed E-state index contributed by atoms with van der Waals surface area (Å²) in [4.78, 5) is 37.1. The molecule has 0 saturated heterocycles. The van der Waals surface area contributed by atoms with Gasteiger partial charge in [-0.05, 0) is 25.3 Å². The summed E-state index contributed by atoms with van der Waals surface area (Å²) in [5, 5.41) is 2.92. The van der Waals surface area contributed by atoms with E-state index in [1.165, 1.54) is 5.56 Å². The molecule has 0 unspecified atom stereocenters. The molecule has 1 aliphatic rings. The monoisotopic (exact) mass is 419 g/mol. The number of hydrogen-bond acceptors (Lipinski definition) is 5. The lowest BCUT2D eigenvalue weighted by atomic mass is 10.1. The molecular formula is C23H33NO4S. The molecule has 0 bridgehead atoms. The van der Waals surface area contributed by atoms with Crippen LogP contribution in [-0.4, -0.2) is 36.1 Å². The molecule has 1 aromatic carbocycles. The van der Waals surface area contributed by atoms with Crippen LogP contribution in [0.5, 0.6) is 0 Å². The van der Waals surface area contributed by atoms with Gasteiger partial charge in [-0.15, -0.1) is 0 Å². The maximum atomic E-state index is 12.7. The highest BCUT2D eigenvalue weighted by molar-refractivity contribution is 7.98. The van der Waals surface area contributed by atoms with Gasteiger partial charge in [-0.2, -0.15) is 11.8 Å². The highest BCUT2D eigenvalue weighted by Crippen LogP contribution is 2.39. The van der Waals surface area contributed by atoms with Crippen molar-refractivity contribution in [1.29, 1.82) is 0 Å². The number of carbonyl (C=O) groups is 3. The third-order valence-corrected chi connectivity index (χ3v) is 6.20. The lowest BCUT2D eigenvalue weighted by Gasteiger charge is -2.18. The first-order valence-electron chi connectivity index (χ1n) is 10.7. The van der Waals surface area contributed by atoms with E-state index in [0.29, 0.717) is 25.2 Å². The van der Waals surface area contributed by atoms with Crippen LogP contribution in [0.1, 0.15) is 57.9 Å². The van der Waals surface area contributed by atoms with Crippen LogP contribution in [0, 0.1) is 11.8 Å². The Hall–Kier alpha value is -1.82. The Labute approximate surface area is 178 Å². The molecule has 160 valence electrons. The van der Waals surface area contributed by atoms with Crippen molar-refractivity contribution in [2.75, 3.05) is 12.4 Å². The molecule has 1 aliphatic carbocycles. The van der Waals surface area contributed by atoms with Crippen LogP contribution in [-0.2, 0) is 24.9 Å². The van der Waals surface area contributed by atoms with Crippen molar-refractivity contribution in [2.24, 2.45) is 11.8 Å². The van der Waals surface area contributed by atoms with Gasteiger partial charge in [-0.1, -0.05) is 56.5 Å². The van der Waals surface area contributed by atoms with Crippen molar-refractivity contribution in [3.63, 3.8) is 0 Å². The van der Waals surface area contributed by atoms with Gasteiger partial charge in [-0.3, -0.25) is 14.4 Å². The first-order chi connectivity index (χ1) is 14.1. The van der Waals surface area contributed by atoms with Crippen LogP contribution < -0.4 is 5.32 Å². The van der Waals surface area contributed by atoms with Crippen molar-refractivity contribution in [3.8, 4) is 0 Å². The van der Waals surface area contributed by atoms with Gasteiger partial charge in [0.05, 0.1) is 24.5 Å². The van der Waals surface area contributed by atoms with E-state index in [1.807, 2.05) is 18.2 Å². The van der Waals surface area contributed by atoms with Gasteiger partial charge in [0.1, 0.15) is 0 Å². The largest absolute Gasteiger partial charge is 0.466 e. The summed E-state index contributed by atoms with van der Waals surface area (Å²) in [5.74, 6) is 0.206. The predicted molar refractivity (Wildman–Crippen MR) is 117 cm³/mol. The maximum absolute atomic E-state index is 12.7. The Morgan fingerprint density at radius 1 is 1.10 bits per heavy atom. The van der Waals surface area contributed by atoms with Gasteiger partial charge < -0.3 is 10.1 Å². The van der Waals surface area contributed by atoms with Crippen LogP contribution in [0.4, 0.5) is 0 Å². The standard InChI is InChI=1S/C23H33NO4S/c1-3-5-6-10-13-21(25)20(16-29-15-17-11-8-7-9-12-17)24-22(26)18-14-19(18)23(27)28-4-2/h7-9,11-12,18-20H,3-6,10,13-16H2,1-2H3,(H,24,26)/t18-,19-,20-/m0/s1. The molecule has 0 heterocycles. The Morgan fingerprint density at radius 2 is 1.86 bits per heavy atom. The molecule has 0 radical (unpaired) electrons. The van der Waals surface area contributed by atoms with Gasteiger partial charge >= 0.3 is 5.97 Å². The van der Waals surface area contributed by atoms with Crippen molar-refractivity contribution in [3.05, 3.63) is 35.9 Å². The average Bonchev–Trinajstić information content (AvgIpc) is 3.52. The van der Waals surface area contributed by atoms with Crippen molar-refractivity contribution >= 4 is 29.4 Å². The second-order valence-electron chi connectivity index (χ2n) is 7.54. The van der Waals surface area contributed by atoms with E-state index in [0.717, 1.165) is 31.4 Å². The van der Waals surface area contributed by atoms with Crippen LogP contribution in [0.2, 0.25) is 0 Å². The number of unbranched alkanes of at least 4 members (excludes halogenated alkanes) is 3. The van der Waals surface area contributed by atoms with Crippen molar-refractivity contribution in [2.45, 2.75) is 64.2 Å². The number of ketones is 1. The van der Waals surface area contributed by atoms with Gasteiger partial charge in [-0.25, -0.2) is 0 Å². The van der Waals surface area contributed by atoms with Crippen LogP contribution >= 0.6 is 11.8 Å². The van der Waals surface area contributed by atoms with Crippen molar-refractivity contribution < 1.29 is 19.1 Å². The summed E-state index contributed by atoms with van der Waals surface area (Å²) in [6.45, 7) is 4.21. The summed E-state index contributed by atoms with van der Waals surface area (Å²) in [5.41, 5.74) is 1.20. The quantitative estimate of drug-likeness (QED) is 0.362. The molecule has 1 fully saturated rings. The van der Waals surface area contributed by atoms with Crippen LogP contribution in [0.15, 0.2) is 30.3 Å². The third kappa shape index (κ3) is 8.21. The minimum atomic E-state index is -0.499. The number of thioether (sulfide) groups is 1. The normalized spacial score (nSPS) is 18.7. The van der Waals surface area contributed by atoms with Crippen LogP contribution in [0.25, 0.3) is 0 Å². The Morgan fingerprint density at radius 3 is 2.55 bits per heavy atom. The van der Waals surface area contributed by atoms with E-state index in [-0.39, 0.29) is 29.5 Å². The zero-order valence-corrected chi connectivity index (χ0v) is 18.3. The van der Waals surface area contributed by atoms with E-state index in [2.05, 4.69) is 24.4 Å². The summed E-state index contributed by atoms with van der Waals surface area (Å²) >= 11 is 1.65. The Balaban J connectivity index is 1.86. The number of rotatable bonds is 14. The summed E-state index contributed by atoms with van der Waals surface area (Å²) in [6.07, 6.45) is 5.14. The lowest BCUT2D eigenvalue weighted by Crippen LogP contribution is -2.43. The van der Waals surface area contributed by atoms with E-state index in [9.17, 15) is 14.4 Å². The predicted octanol–water partition coefficient (Wildman–Crippen LogP) is 4.14. The third-order valence-electron chi connectivity index (χ3n) is 5.09. The van der Waals surface area contributed by atoms with E-state index < -0.39 is 6.04 Å². The molecule has 5 nitrogen and oxygen atoms in total. The first kappa shape index (κ1) is 23.5. The SMILES string of the molecule is CCCCCCC(=O)[C@H](CSCc1ccccc1)NC(=O)[C@H]1C[C@@H]1C(=O)OCC. The lowest BCUT2D eigenvalue weighted by molar-refractivity contribution is -0.146. The molecule has 0 spiro atoms. The molecule has 29 heavy (non-hydrogen) atoms. The molecule has 3 atom stereocenters. The fraction of sp³-hybridized carbons (Fsp3) is 0.609. The molecule has 2 rings (SSSR count). The summed E-state index contributed by atoms with van der Waals surface area (Å²) in [6, 6.07) is 9.59. The number of esters is 1. The molecule has 6 heteroatoms. The van der Waals surface area contributed by atoms with Gasteiger partial charge in [0.15, 0.2) is 5.78 Å². The fourth-order valence-electron chi connectivity index (χ4n) is 3.26. The number of hydrogen-bond donors (Lipinski definition) is 1. The zero-order chi connectivity index (χ0) is 21.1. The molecule has 1 aromatic rings. The molecular weight excluding hydrogens is 386 g/mol. The van der Waals surface area contributed by atoms with Gasteiger partial charge in [0.2, 0.25) is 5.91 Å². The van der Waals surface area contributed by atoms with E-state index in [4.69, 9.17) is 4.74 Å². The molecule has 0 aromatic heterocycles. The van der Waals surface area contributed by atoms with Crippen LogP contribution in [0.3, 0.4) is 0 Å². The highest BCUT2D eigenvalue weighted by atomic mass is 32.2. The minimum Gasteiger partial charge on any atom is -0.466 e. The number of carbonyl (C=O) groups excluding carboxylic acids is 3. The molecule has 1 N–H and O–H groups in total. The van der Waals surface area contributed by atoms with E-state index in [1.54, 1.807) is 18.7 Å².